The van der Waals surface area contributed by atoms with Gasteiger partial charge in [0, 0.05) is 5.02 Å². The Morgan fingerprint density at radius 1 is 1.05 bits per heavy atom. The number of para-hydroxylation sites is 1. The number of halogens is 1. The van der Waals surface area contributed by atoms with Crippen LogP contribution < -0.4 is 11.3 Å². The standard InChI is InChI=1S/C15H14ClN5/c16-12-8-6-11(7-9-12)15(19-17)14-10-18-20-21(14)13-4-2-1-3-5-13/h1-10,15,19H,17H2. The van der Waals surface area contributed by atoms with Gasteiger partial charge < -0.3 is 0 Å². The average molecular weight is 300 g/mol. The first kappa shape index (κ1) is 13.8. The molecule has 3 rings (SSSR count). The molecule has 1 unspecified atom stereocenters. The van der Waals surface area contributed by atoms with Gasteiger partial charge in [0.2, 0.25) is 0 Å². The molecule has 5 nitrogen and oxygen atoms in total. The fraction of sp³-hybridized carbons (Fsp3) is 0.0667. The van der Waals surface area contributed by atoms with E-state index >= 15 is 0 Å². The highest BCUT2D eigenvalue weighted by molar-refractivity contribution is 6.30. The molecule has 0 aliphatic heterocycles. The highest BCUT2D eigenvalue weighted by Gasteiger charge is 2.18. The van der Waals surface area contributed by atoms with E-state index in [-0.39, 0.29) is 6.04 Å². The molecule has 6 heteroatoms. The summed E-state index contributed by atoms with van der Waals surface area (Å²) in [7, 11) is 0. The lowest BCUT2D eigenvalue weighted by Gasteiger charge is -2.17. The first-order chi connectivity index (χ1) is 10.3. The van der Waals surface area contributed by atoms with Gasteiger partial charge in [-0.1, -0.05) is 47.1 Å². The number of benzene rings is 2. The third kappa shape index (κ3) is 2.80. The van der Waals surface area contributed by atoms with Crippen LogP contribution in [0.4, 0.5) is 0 Å². The van der Waals surface area contributed by atoms with E-state index in [2.05, 4.69) is 15.7 Å². The summed E-state index contributed by atoms with van der Waals surface area (Å²) in [5, 5.41) is 8.83. The molecule has 0 bridgehead atoms. The summed E-state index contributed by atoms with van der Waals surface area (Å²) in [6, 6.07) is 17.1. The maximum absolute atomic E-state index is 5.93. The average Bonchev–Trinajstić information content (AvgIpc) is 3.00. The second kappa shape index (κ2) is 6.05. The molecule has 21 heavy (non-hydrogen) atoms. The minimum atomic E-state index is -0.225. The second-order valence-corrected chi connectivity index (χ2v) is 4.99. The summed E-state index contributed by atoms with van der Waals surface area (Å²) >= 11 is 5.93. The van der Waals surface area contributed by atoms with Crippen LogP contribution in [0.3, 0.4) is 0 Å². The van der Waals surface area contributed by atoms with Gasteiger partial charge in [0.25, 0.3) is 0 Å². The Morgan fingerprint density at radius 3 is 2.43 bits per heavy atom. The van der Waals surface area contributed by atoms with Crippen LogP contribution in [0.1, 0.15) is 17.3 Å². The maximum Gasteiger partial charge on any atom is 0.0899 e. The van der Waals surface area contributed by atoms with Crippen molar-refractivity contribution in [3.63, 3.8) is 0 Å². The minimum Gasteiger partial charge on any atom is -0.271 e. The molecule has 0 radical (unpaired) electrons. The molecule has 0 aliphatic rings. The molecule has 3 N–H and O–H groups in total. The van der Waals surface area contributed by atoms with Crippen molar-refractivity contribution in [2.24, 2.45) is 5.84 Å². The molecule has 1 heterocycles. The van der Waals surface area contributed by atoms with Crippen molar-refractivity contribution in [2.75, 3.05) is 0 Å². The van der Waals surface area contributed by atoms with Crippen molar-refractivity contribution in [3.8, 4) is 5.69 Å². The summed E-state index contributed by atoms with van der Waals surface area (Å²) in [5.74, 6) is 5.73. The van der Waals surface area contributed by atoms with E-state index in [1.54, 1.807) is 10.9 Å². The van der Waals surface area contributed by atoms with E-state index in [0.29, 0.717) is 5.02 Å². The fourth-order valence-electron chi connectivity index (χ4n) is 2.22. The Balaban J connectivity index is 2.03. The van der Waals surface area contributed by atoms with Crippen molar-refractivity contribution in [1.29, 1.82) is 0 Å². The molecule has 0 spiro atoms. The van der Waals surface area contributed by atoms with Gasteiger partial charge in [-0.25, -0.2) is 10.1 Å². The van der Waals surface area contributed by atoms with E-state index in [0.717, 1.165) is 16.9 Å². The molecule has 1 atom stereocenters. The van der Waals surface area contributed by atoms with Crippen LogP contribution >= 0.6 is 11.6 Å². The first-order valence-electron chi connectivity index (χ1n) is 6.47. The van der Waals surface area contributed by atoms with E-state index in [9.17, 15) is 0 Å². The van der Waals surface area contributed by atoms with Crippen molar-refractivity contribution in [1.82, 2.24) is 20.4 Å². The molecule has 0 amide bonds. The third-order valence-corrected chi connectivity index (χ3v) is 3.49. The van der Waals surface area contributed by atoms with E-state index in [1.807, 2.05) is 54.6 Å². The molecule has 0 fully saturated rings. The first-order valence-corrected chi connectivity index (χ1v) is 6.85. The fourth-order valence-corrected chi connectivity index (χ4v) is 2.34. The molecular weight excluding hydrogens is 286 g/mol. The number of hydrazine groups is 1. The number of nitrogens with zero attached hydrogens (tertiary/aromatic N) is 3. The molecule has 106 valence electrons. The van der Waals surface area contributed by atoms with E-state index < -0.39 is 0 Å². The summed E-state index contributed by atoms with van der Waals surface area (Å²) in [4.78, 5) is 0. The van der Waals surface area contributed by atoms with Crippen LogP contribution in [-0.4, -0.2) is 15.0 Å². The van der Waals surface area contributed by atoms with Gasteiger partial charge in [-0.05, 0) is 29.8 Å². The van der Waals surface area contributed by atoms with Crippen LogP contribution in [0, 0.1) is 0 Å². The maximum atomic E-state index is 5.93. The molecular formula is C15H14ClN5. The highest BCUT2D eigenvalue weighted by Crippen LogP contribution is 2.24. The lowest BCUT2D eigenvalue weighted by molar-refractivity contribution is 0.595. The molecule has 0 saturated carbocycles. The molecule has 1 aromatic heterocycles. The SMILES string of the molecule is NNC(c1ccc(Cl)cc1)c1cnnn1-c1ccccc1. The summed E-state index contributed by atoms with van der Waals surface area (Å²) in [6.07, 6.45) is 1.70. The summed E-state index contributed by atoms with van der Waals surface area (Å²) in [6.45, 7) is 0. The van der Waals surface area contributed by atoms with Crippen molar-refractivity contribution in [3.05, 3.63) is 77.1 Å². The smallest absolute Gasteiger partial charge is 0.0899 e. The van der Waals surface area contributed by atoms with Gasteiger partial charge in [0.05, 0.1) is 23.6 Å². The lowest BCUT2D eigenvalue weighted by Crippen LogP contribution is -2.30. The Morgan fingerprint density at radius 2 is 1.76 bits per heavy atom. The van der Waals surface area contributed by atoms with E-state index in [1.165, 1.54) is 0 Å². The van der Waals surface area contributed by atoms with Crippen molar-refractivity contribution < 1.29 is 0 Å². The van der Waals surface area contributed by atoms with Gasteiger partial charge >= 0.3 is 0 Å². The van der Waals surface area contributed by atoms with E-state index in [4.69, 9.17) is 17.4 Å². The van der Waals surface area contributed by atoms with Crippen LogP contribution in [0.5, 0.6) is 0 Å². The quantitative estimate of drug-likeness (QED) is 0.573. The monoisotopic (exact) mass is 299 g/mol. The molecule has 2 aromatic carbocycles. The Kier molecular flexibility index (Phi) is 3.96. The topological polar surface area (TPSA) is 68.8 Å². The normalized spacial score (nSPS) is 12.3. The highest BCUT2D eigenvalue weighted by atomic mass is 35.5. The molecule has 0 aliphatic carbocycles. The van der Waals surface area contributed by atoms with Crippen LogP contribution in [-0.2, 0) is 0 Å². The van der Waals surface area contributed by atoms with Crippen molar-refractivity contribution in [2.45, 2.75) is 6.04 Å². The van der Waals surface area contributed by atoms with Gasteiger partial charge in [0.1, 0.15) is 0 Å². The van der Waals surface area contributed by atoms with Gasteiger partial charge in [-0.3, -0.25) is 5.84 Å². The zero-order chi connectivity index (χ0) is 14.7. The van der Waals surface area contributed by atoms with Gasteiger partial charge in [-0.2, -0.15) is 0 Å². The number of aromatic nitrogens is 3. The van der Waals surface area contributed by atoms with Crippen LogP contribution in [0.15, 0.2) is 60.8 Å². The lowest BCUT2D eigenvalue weighted by atomic mass is 10.0. The number of hydrogen-bond donors (Lipinski definition) is 2. The number of nitrogens with one attached hydrogen (secondary N) is 1. The minimum absolute atomic E-state index is 0.225. The Labute approximate surface area is 127 Å². The molecule has 3 aromatic rings. The van der Waals surface area contributed by atoms with Gasteiger partial charge in [-0.15, -0.1) is 5.10 Å². The summed E-state index contributed by atoms with van der Waals surface area (Å²) < 4.78 is 1.76. The summed E-state index contributed by atoms with van der Waals surface area (Å²) in [5.41, 5.74) is 5.58. The molecule has 0 saturated heterocycles. The second-order valence-electron chi connectivity index (χ2n) is 4.56. The van der Waals surface area contributed by atoms with Crippen LogP contribution in [0.2, 0.25) is 5.02 Å². The number of rotatable bonds is 4. The zero-order valence-electron chi connectivity index (χ0n) is 11.1. The Bertz CT molecular complexity index is 708. The van der Waals surface area contributed by atoms with Crippen LogP contribution in [0.25, 0.3) is 5.69 Å². The predicted molar refractivity (Wildman–Crippen MR) is 82.0 cm³/mol. The predicted octanol–water partition coefficient (Wildman–Crippen LogP) is 2.47. The zero-order valence-corrected chi connectivity index (χ0v) is 11.9. The largest absolute Gasteiger partial charge is 0.271 e. The Hall–Kier alpha value is -2.21. The number of hydrogen-bond acceptors (Lipinski definition) is 4. The number of nitrogens with two attached hydrogens (primary N) is 1. The van der Waals surface area contributed by atoms with Gasteiger partial charge in [0.15, 0.2) is 0 Å². The van der Waals surface area contributed by atoms with Crippen molar-refractivity contribution >= 4 is 11.6 Å². The third-order valence-electron chi connectivity index (χ3n) is 3.24.